The van der Waals surface area contributed by atoms with E-state index < -0.39 is 0 Å². The van der Waals surface area contributed by atoms with Gasteiger partial charge in [0, 0.05) is 12.4 Å². The van der Waals surface area contributed by atoms with E-state index in [-0.39, 0.29) is 5.92 Å². The van der Waals surface area contributed by atoms with Crippen molar-refractivity contribution in [1.82, 2.24) is 4.98 Å². The van der Waals surface area contributed by atoms with Crippen LogP contribution >= 0.6 is 0 Å². The molecule has 0 radical (unpaired) electrons. The number of aryl methyl sites for hydroxylation is 1. The van der Waals surface area contributed by atoms with E-state index in [9.17, 15) is 0 Å². The molecule has 1 heterocycles. The van der Waals surface area contributed by atoms with Crippen molar-refractivity contribution < 1.29 is 0 Å². The van der Waals surface area contributed by atoms with Crippen molar-refractivity contribution in [3.05, 3.63) is 23.5 Å². The van der Waals surface area contributed by atoms with Gasteiger partial charge in [0.1, 0.15) is 0 Å². The number of H-pyrrole nitrogens is 1. The molecule has 1 N–H and O–H groups in total. The standard InChI is InChI=1S/C8H8N2/c9-3-6-1-2-7-4-10-5-8(6)7/h4-6,10H,1-2H2. The van der Waals surface area contributed by atoms with Gasteiger partial charge in [0.05, 0.1) is 12.0 Å². The number of hydrogen-bond acceptors (Lipinski definition) is 1. The summed E-state index contributed by atoms with van der Waals surface area (Å²) in [7, 11) is 0. The second-order valence-corrected chi connectivity index (χ2v) is 2.66. The van der Waals surface area contributed by atoms with Gasteiger partial charge in [-0.3, -0.25) is 0 Å². The Morgan fingerprint density at radius 2 is 2.50 bits per heavy atom. The molecule has 1 aliphatic rings. The maximum Gasteiger partial charge on any atom is 0.0733 e. The predicted molar refractivity (Wildman–Crippen MR) is 37.5 cm³/mol. The summed E-state index contributed by atoms with van der Waals surface area (Å²) in [6, 6.07) is 2.29. The molecular weight excluding hydrogens is 124 g/mol. The molecular formula is C8H8N2. The maximum absolute atomic E-state index is 8.67. The molecule has 0 bridgehead atoms. The predicted octanol–water partition coefficient (Wildman–Crippen LogP) is 1.57. The van der Waals surface area contributed by atoms with Gasteiger partial charge < -0.3 is 4.98 Å². The van der Waals surface area contributed by atoms with Crippen LogP contribution in [0.15, 0.2) is 12.4 Å². The molecule has 2 nitrogen and oxygen atoms in total. The highest BCUT2D eigenvalue weighted by Crippen LogP contribution is 2.31. The van der Waals surface area contributed by atoms with Crippen molar-refractivity contribution in [3.63, 3.8) is 0 Å². The summed E-state index contributed by atoms with van der Waals surface area (Å²) >= 11 is 0. The average Bonchev–Trinajstić information content (AvgIpc) is 2.44. The number of nitrogens with zero attached hydrogens (tertiary/aromatic N) is 1. The highest BCUT2D eigenvalue weighted by atomic mass is 14.7. The molecule has 0 amide bonds. The first-order valence-corrected chi connectivity index (χ1v) is 3.47. The van der Waals surface area contributed by atoms with Gasteiger partial charge in [-0.1, -0.05) is 0 Å². The van der Waals surface area contributed by atoms with Crippen LogP contribution in [0.1, 0.15) is 23.5 Å². The first kappa shape index (κ1) is 5.55. The van der Waals surface area contributed by atoms with Gasteiger partial charge >= 0.3 is 0 Å². The minimum Gasteiger partial charge on any atom is -0.367 e. The van der Waals surface area contributed by atoms with Crippen LogP contribution in [-0.4, -0.2) is 4.98 Å². The molecule has 1 aromatic heterocycles. The number of nitriles is 1. The molecule has 0 spiro atoms. The summed E-state index contributed by atoms with van der Waals surface area (Å²) in [6.45, 7) is 0. The smallest absolute Gasteiger partial charge is 0.0733 e. The molecule has 0 saturated heterocycles. The molecule has 1 unspecified atom stereocenters. The largest absolute Gasteiger partial charge is 0.367 e. The Hall–Kier alpha value is -1.23. The zero-order valence-corrected chi connectivity index (χ0v) is 5.59. The van der Waals surface area contributed by atoms with E-state index in [0.29, 0.717) is 0 Å². The van der Waals surface area contributed by atoms with E-state index in [4.69, 9.17) is 5.26 Å². The third-order valence-electron chi connectivity index (χ3n) is 2.10. The highest BCUT2D eigenvalue weighted by molar-refractivity contribution is 5.35. The van der Waals surface area contributed by atoms with Crippen LogP contribution in [-0.2, 0) is 6.42 Å². The lowest BCUT2D eigenvalue weighted by Gasteiger charge is -1.93. The van der Waals surface area contributed by atoms with Gasteiger partial charge in [-0.15, -0.1) is 0 Å². The number of aromatic amines is 1. The van der Waals surface area contributed by atoms with Gasteiger partial charge in [0.25, 0.3) is 0 Å². The quantitative estimate of drug-likeness (QED) is 0.571. The summed E-state index contributed by atoms with van der Waals surface area (Å²) in [5, 5.41) is 8.67. The Morgan fingerprint density at radius 1 is 1.60 bits per heavy atom. The van der Waals surface area contributed by atoms with Crippen LogP contribution in [0.2, 0.25) is 0 Å². The molecule has 0 saturated carbocycles. The van der Waals surface area contributed by atoms with E-state index in [0.717, 1.165) is 12.8 Å². The molecule has 0 aliphatic heterocycles. The molecule has 0 fully saturated rings. The summed E-state index contributed by atoms with van der Waals surface area (Å²) in [4.78, 5) is 3.01. The second-order valence-electron chi connectivity index (χ2n) is 2.66. The van der Waals surface area contributed by atoms with Gasteiger partial charge in [0.2, 0.25) is 0 Å². The Morgan fingerprint density at radius 3 is 3.30 bits per heavy atom. The topological polar surface area (TPSA) is 39.6 Å². The first-order valence-electron chi connectivity index (χ1n) is 3.47. The molecule has 0 aromatic carbocycles. The van der Waals surface area contributed by atoms with E-state index >= 15 is 0 Å². The van der Waals surface area contributed by atoms with Crippen molar-refractivity contribution in [3.8, 4) is 6.07 Å². The monoisotopic (exact) mass is 132 g/mol. The van der Waals surface area contributed by atoms with E-state index in [1.165, 1.54) is 11.1 Å². The van der Waals surface area contributed by atoms with Crippen LogP contribution in [0.3, 0.4) is 0 Å². The minimum atomic E-state index is 0.154. The average molecular weight is 132 g/mol. The Labute approximate surface area is 59.5 Å². The van der Waals surface area contributed by atoms with Crippen molar-refractivity contribution in [2.45, 2.75) is 18.8 Å². The molecule has 2 rings (SSSR count). The SMILES string of the molecule is N#CC1CCc2c[nH]cc21. The molecule has 1 aromatic rings. The third-order valence-corrected chi connectivity index (χ3v) is 2.10. The van der Waals surface area contributed by atoms with Gasteiger partial charge in [-0.05, 0) is 24.0 Å². The molecule has 10 heavy (non-hydrogen) atoms. The van der Waals surface area contributed by atoms with Crippen LogP contribution in [0.25, 0.3) is 0 Å². The Bertz CT molecular complexity index is 280. The van der Waals surface area contributed by atoms with Crippen molar-refractivity contribution in [2.24, 2.45) is 0 Å². The summed E-state index contributed by atoms with van der Waals surface area (Å²) < 4.78 is 0. The van der Waals surface area contributed by atoms with Crippen LogP contribution in [0.4, 0.5) is 0 Å². The fourth-order valence-electron chi connectivity index (χ4n) is 1.54. The van der Waals surface area contributed by atoms with Gasteiger partial charge in [0.15, 0.2) is 0 Å². The van der Waals surface area contributed by atoms with Crippen molar-refractivity contribution in [1.29, 1.82) is 5.26 Å². The summed E-state index contributed by atoms with van der Waals surface area (Å²) in [5.41, 5.74) is 2.54. The summed E-state index contributed by atoms with van der Waals surface area (Å²) in [5.74, 6) is 0.154. The van der Waals surface area contributed by atoms with Crippen LogP contribution in [0, 0.1) is 11.3 Å². The van der Waals surface area contributed by atoms with Gasteiger partial charge in [-0.2, -0.15) is 5.26 Å². The fourth-order valence-corrected chi connectivity index (χ4v) is 1.54. The van der Waals surface area contributed by atoms with Crippen LogP contribution in [0.5, 0.6) is 0 Å². The lowest BCUT2D eigenvalue weighted by Crippen LogP contribution is -1.84. The minimum absolute atomic E-state index is 0.154. The van der Waals surface area contributed by atoms with Gasteiger partial charge in [-0.25, -0.2) is 0 Å². The number of hydrogen-bond donors (Lipinski definition) is 1. The van der Waals surface area contributed by atoms with Crippen molar-refractivity contribution in [2.75, 3.05) is 0 Å². The lowest BCUT2D eigenvalue weighted by atomic mass is 10.1. The van der Waals surface area contributed by atoms with E-state index in [2.05, 4.69) is 11.1 Å². The fraction of sp³-hybridized carbons (Fsp3) is 0.375. The zero-order chi connectivity index (χ0) is 6.97. The molecule has 1 aliphatic carbocycles. The number of nitrogens with one attached hydrogen (secondary N) is 1. The van der Waals surface area contributed by atoms with E-state index in [1.54, 1.807) is 0 Å². The van der Waals surface area contributed by atoms with E-state index in [1.807, 2.05) is 12.4 Å². The lowest BCUT2D eigenvalue weighted by molar-refractivity contribution is 0.819. The maximum atomic E-state index is 8.67. The van der Waals surface area contributed by atoms with Crippen LogP contribution < -0.4 is 0 Å². The Balaban J connectivity index is 2.46. The Kier molecular flexibility index (Phi) is 1.04. The zero-order valence-electron chi connectivity index (χ0n) is 5.59. The first-order chi connectivity index (χ1) is 4.92. The van der Waals surface area contributed by atoms with Crippen molar-refractivity contribution >= 4 is 0 Å². The number of aromatic nitrogens is 1. The number of fused-ring (bicyclic) bond motifs is 1. The normalized spacial score (nSPS) is 22.1. The second kappa shape index (κ2) is 1.88. The number of rotatable bonds is 0. The highest BCUT2D eigenvalue weighted by Gasteiger charge is 2.21. The molecule has 1 atom stereocenters. The summed E-state index contributed by atoms with van der Waals surface area (Å²) in [6.07, 6.45) is 6.01. The third kappa shape index (κ3) is 0.577. The molecule has 50 valence electrons. The molecule has 2 heteroatoms.